The molecule has 0 aromatic heterocycles. The Labute approximate surface area is 73.6 Å². The van der Waals surface area contributed by atoms with Gasteiger partial charge in [0.05, 0.1) is 6.42 Å². The molecule has 1 atom stereocenters. The highest BCUT2D eigenvalue weighted by atomic mass is 16.5. The summed E-state index contributed by atoms with van der Waals surface area (Å²) < 4.78 is 5.05. The first-order chi connectivity index (χ1) is 5.59. The van der Waals surface area contributed by atoms with Crippen LogP contribution in [-0.4, -0.2) is 5.97 Å². The van der Waals surface area contributed by atoms with Gasteiger partial charge < -0.3 is 4.74 Å². The quantitative estimate of drug-likeness (QED) is 0.592. The van der Waals surface area contributed by atoms with E-state index in [9.17, 15) is 4.79 Å². The molecule has 0 bridgehead atoms. The molecule has 0 N–H and O–H groups in total. The van der Waals surface area contributed by atoms with Crippen LogP contribution in [0.5, 0.6) is 0 Å². The van der Waals surface area contributed by atoms with Gasteiger partial charge in [0.1, 0.15) is 5.76 Å². The lowest BCUT2D eigenvalue weighted by molar-refractivity contribution is -0.135. The van der Waals surface area contributed by atoms with Crippen LogP contribution in [0.15, 0.2) is 11.8 Å². The molecule has 12 heavy (non-hydrogen) atoms. The number of hydrogen-bond donors (Lipinski definition) is 0. The normalized spacial score (nSPS) is 26.8. The van der Waals surface area contributed by atoms with Gasteiger partial charge in [-0.05, 0) is 18.4 Å². The SMILES string of the molecule is CC(C)C/C=C1/OC(=O)C[C@@H]1C. The van der Waals surface area contributed by atoms with E-state index in [-0.39, 0.29) is 11.9 Å². The van der Waals surface area contributed by atoms with Crippen molar-refractivity contribution >= 4 is 5.97 Å². The first kappa shape index (κ1) is 9.30. The number of carbonyl (C=O) groups is 1. The summed E-state index contributed by atoms with van der Waals surface area (Å²) >= 11 is 0. The second kappa shape index (κ2) is 3.74. The fraction of sp³-hybridized carbons (Fsp3) is 0.700. The van der Waals surface area contributed by atoms with Crippen molar-refractivity contribution in [1.29, 1.82) is 0 Å². The Morgan fingerprint density at radius 2 is 2.33 bits per heavy atom. The van der Waals surface area contributed by atoms with E-state index in [2.05, 4.69) is 13.8 Å². The summed E-state index contributed by atoms with van der Waals surface area (Å²) in [5.74, 6) is 1.70. The largest absolute Gasteiger partial charge is 0.431 e. The van der Waals surface area contributed by atoms with Crippen LogP contribution in [0, 0.1) is 11.8 Å². The number of esters is 1. The first-order valence-corrected chi connectivity index (χ1v) is 4.50. The number of carbonyl (C=O) groups excluding carboxylic acids is 1. The van der Waals surface area contributed by atoms with Crippen molar-refractivity contribution in [3.63, 3.8) is 0 Å². The predicted octanol–water partition coefficient (Wildman–Crippen LogP) is 2.50. The van der Waals surface area contributed by atoms with Crippen LogP contribution in [0.2, 0.25) is 0 Å². The molecule has 0 spiro atoms. The zero-order chi connectivity index (χ0) is 9.14. The van der Waals surface area contributed by atoms with E-state index in [0.29, 0.717) is 12.3 Å². The second-order valence-electron chi connectivity index (χ2n) is 3.82. The van der Waals surface area contributed by atoms with Crippen LogP contribution in [0.4, 0.5) is 0 Å². The first-order valence-electron chi connectivity index (χ1n) is 4.50. The van der Waals surface area contributed by atoms with Gasteiger partial charge in [0.15, 0.2) is 0 Å². The second-order valence-corrected chi connectivity index (χ2v) is 3.82. The minimum absolute atomic E-state index is 0.0856. The molecular weight excluding hydrogens is 152 g/mol. The molecule has 0 aromatic carbocycles. The maximum Gasteiger partial charge on any atom is 0.311 e. The van der Waals surface area contributed by atoms with E-state index in [0.717, 1.165) is 12.2 Å². The van der Waals surface area contributed by atoms with Crippen LogP contribution in [-0.2, 0) is 9.53 Å². The van der Waals surface area contributed by atoms with Crippen molar-refractivity contribution in [3.8, 4) is 0 Å². The third kappa shape index (κ3) is 2.36. The highest BCUT2D eigenvalue weighted by molar-refractivity contribution is 5.74. The van der Waals surface area contributed by atoms with Crippen molar-refractivity contribution in [2.75, 3.05) is 0 Å². The molecule has 68 valence electrons. The van der Waals surface area contributed by atoms with Gasteiger partial charge in [-0.2, -0.15) is 0 Å². The van der Waals surface area contributed by atoms with Gasteiger partial charge in [0, 0.05) is 5.92 Å². The third-order valence-electron chi connectivity index (χ3n) is 1.98. The highest BCUT2D eigenvalue weighted by Gasteiger charge is 2.25. The predicted molar refractivity (Wildman–Crippen MR) is 47.4 cm³/mol. The fourth-order valence-electron chi connectivity index (χ4n) is 1.22. The van der Waals surface area contributed by atoms with Crippen LogP contribution >= 0.6 is 0 Å². The molecule has 1 saturated heterocycles. The molecule has 1 aliphatic heterocycles. The van der Waals surface area contributed by atoms with Gasteiger partial charge in [-0.15, -0.1) is 0 Å². The molecule has 2 nitrogen and oxygen atoms in total. The molecule has 1 aliphatic rings. The summed E-state index contributed by atoms with van der Waals surface area (Å²) in [5, 5.41) is 0. The molecule has 2 heteroatoms. The lowest BCUT2D eigenvalue weighted by atomic mass is 10.0. The van der Waals surface area contributed by atoms with Gasteiger partial charge >= 0.3 is 5.97 Å². The average Bonchev–Trinajstić information content (AvgIpc) is 2.26. The molecule has 1 rings (SSSR count). The summed E-state index contributed by atoms with van der Waals surface area (Å²) in [5.41, 5.74) is 0. The number of hydrogen-bond acceptors (Lipinski definition) is 2. The van der Waals surface area contributed by atoms with E-state index < -0.39 is 0 Å². The van der Waals surface area contributed by atoms with E-state index in [4.69, 9.17) is 4.74 Å². The van der Waals surface area contributed by atoms with E-state index in [1.807, 2.05) is 13.0 Å². The average molecular weight is 168 g/mol. The monoisotopic (exact) mass is 168 g/mol. The standard InChI is InChI=1S/C10H16O2/c1-7(2)4-5-9-8(3)6-10(11)12-9/h5,7-8H,4,6H2,1-3H3/b9-5+/t8-/m0/s1. The minimum Gasteiger partial charge on any atom is -0.431 e. The van der Waals surface area contributed by atoms with Crippen molar-refractivity contribution in [3.05, 3.63) is 11.8 Å². The summed E-state index contributed by atoms with van der Waals surface area (Å²) in [4.78, 5) is 10.8. The van der Waals surface area contributed by atoms with Crippen LogP contribution in [0.3, 0.4) is 0 Å². The molecule has 0 saturated carbocycles. The Morgan fingerprint density at radius 1 is 1.67 bits per heavy atom. The molecule has 1 heterocycles. The maximum absolute atomic E-state index is 10.8. The lowest BCUT2D eigenvalue weighted by Gasteiger charge is -2.03. The Morgan fingerprint density at radius 3 is 2.75 bits per heavy atom. The van der Waals surface area contributed by atoms with E-state index >= 15 is 0 Å². The molecule has 0 unspecified atom stereocenters. The smallest absolute Gasteiger partial charge is 0.311 e. The van der Waals surface area contributed by atoms with Crippen molar-refractivity contribution in [1.82, 2.24) is 0 Å². The van der Waals surface area contributed by atoms with Crippen molar-refractivity contribution in [2.24, 2.45) is 11.8 Å². The highest BCUT2D eigenvalue weighted by Crippen LogP contribution is 2.25. The van der Waals surface area contributed by atoms with E-state index in [1.54, 1.807) is 0 Å². The van der Waals surface area contributed by atoms with Gasteiger partial charge in [0.25, 0.3) is 0 Å². The van der Waals surface area contributed by atoms with Crippen LogP contribution in [0.1, 0.15) is 33.6 Å². The summed E-state index contributed by atoms with van der Waals surface area (Å²) in [6.07, 6.45) is 3.58. The van der Waals surface area contributed by atoms with Gasteiger partial charge in [-0.3, -0.25) is 4.79 Å². The van der Waals surface area contributed by atoms with Crippen molar-refractivity contribution in [2.45, 2.75) is 33.6 Å². The zero-order valence-corrected chi connectivity index (χ0v) is 7.96. The Bertz CT molecular complexity index is 204. The number of ether oxygens (including phenoxy) is 1. The van der Waals surface area contributed by atoms with Crippen molar-refractivity contribution < 1.29 is 9.53 Å². The minimum atomic E-state index is -0.0856. The van der Waals surface area contributed by atoms with Crippen LogP contribution < -0.4 is 0 Å². The molecule has 1 fully saturated rings. The molecule has 0 amide bonds. The number of rotatable bonds is 2. The maximum atomic E-state index is 10.8. The van der Waals surface area contributed by atoms with Gasteiger partial charge in [-0.25, -0.2) is 0 Å². The molecule has 0 aliphatic carbocycles. The molecular formula is C10H16O2. The van der Waals surface area contributed by atoms with Crippen LogP contribution in [0.25, 0.3) is 0 Å². The Hall–Kier alpha value is -0.790. The molecule has 0 aromatic rings. The Balaban J connectivity index is 2.51. The zero-order valence-electron chi connectivity index (χ0n) is 7.96. The van der Waals surface area contributed by atoms with Gasteiger partial charge in [-0.1, -0.05) is 20.8 Å². The lowest BCUT2D eigenvalue weighted by Crippen LogP contribution is -1.92. The summed E-state index contributed by atoms with van der Waals surface area (Å²) in [6.45, 7) is 6.33. The fourth-order valence-corrected chi connectivity index (χ4v) is 1.22. The summed E-state index contributed by atoms with van der Waals surface area (Å²) in [6, 6.07) is 0. The Kier molecular flexibility index (Phi) is 2.90. The topological polar surface area (TPSA) is 26.3 Å². The van der Waals surface area contributed by atoms with E-state index in [1.165, 1.54) is 0 Å². The van der Waals surface area contributed by atoms with Gasteiger partial charge in [0.2, 0.25) is 0 Å². The number of allylic oxidation sites excluding steroid dienone is 2. The number of cyclic esters (lactones) is 1. The third-order valence-corrected chi connectivity index (χ3v) is 1.98. The summed E-state index contributed by atoms with van der Waals surface area (Å²) in [7, 11) is 0. The molecule has 0 radical (unpaired) electrons.